The molecule has 3 unspecified atom stereocenters. The van der Waals surface area contributed by atoms with E-state index in [1.807, 2.05) is 14.0 Å². The Morgan fingerprint density at radius 3 is 2.31 bits per heavy atom. The highest BCUT2D eigenvalue weighted by Crippen LogP contribution is 2.36. The number of halogens is 4. The van der Waals surface area contributed by atoms with Crippen molar-refractivity contribution in [3.05, 3.63) is 41.5 Å². The molecule has 1 aromatic carbocycles. The number of alkyl halides is 4. The van der Waals surface area contributed by atoms with Crippen molar-refractivity contribution in [1.82, 2.24) is 10.2 Å². The standard InChI is InChI=1S/C21H32BF4N2P/c1-7-28(6)16(5)13(2)14(3)27-15(4)18-8-17(11-21(22,25)26)9-19(10-18)20(24,29)12-23/h8-10,13-14,16,27H,4,7,11-12,29H2,1-3,5-6H3/t13-,14+,16?,20?/m1/s1. The minimum atomic E-state index is -3.46. The molecule has 1 N–H and O–H groups in total. The summed E-state index contributed by atoms with van der Waals surface area (Å²) >= 11 is 0. The summed E-state index contributed by atoms with van der Waals surface area (Å²) < 4.78 is 54.4. The van der Waals surface area contributed by atoms with Gasteiger partial charge in [0.1, 0.15) is 6.67 Å². The predicted octanol–water partition coefficient (Wildman–Crippen LogP) is 4.88. The van der Waals surface area contributed by atoms with E-state index >= 15 is 0 Å². The van der Waals surface area contributed by atoms with E-state index in [0.29, 0.717) is 17.3 Å². The Kier molecular flexibility index (Phi) is 9.23. The Balaban J connectivity index is 3.16. The highest BCUT2D eigenvalue weighted by Gasteiger charge is 2.29. The van der Waals surface area contributed by atoms with E-state index in [1.54, 1.807) is 9.24 Å². The van der Waals surface area contributed by atoms with Gasteiger partial charge in [0.15, 0.2) is 13.3 Å². The molecule has 162 valence electrons. The zero-order chi connectivity index (χ0) is 22.6. The fourth-order valence-electron chi connectivity index (χ4n) is 3.15. The quantitative estimate of drug-likeness (QED) is 0.306. The van der Waals surface area contributed by atoms with E-state index in [4.69, 9.17) is 7.85 Å². The highest BCUT2D eigenvalue weighted by atomic mass is 31.0. The predicted molar refractivity (Wildman–Crippen MR) is 118 cm³/mol. The Morgan fingerprint density at radius 1 is 1.24 bits per heavy atom. The Morgan fingerprint density at radius 2 is 1.83 bits per heavy atom. The number of rotatable bonds is 11. The van der Waals surface area contributed by atoms with Gasteiger partial charge < -0.3 is 10.2 Å². The van der Waals surface area contributed by atoms with Crippen molar-refractivity contribution in [3.63, 3.8) is 0 Å². The lowest BCUT2D eigenvalue weighted by molar-refractivity contribution is 0.0959. The van der Waals surface area contributed by atoms with Crippen LogP contribution in [0.5, 0.6) is 0 Å². The van der Waals surface area contributed by atoms with Crippen molar-refractivity contribution in [2.24, 2.45) is 5.92 Å². The third kappa shape index (κ3) is 7.60. The van der Waals surface area contributed by atoms with Crippen LogP contribution in [0.2, 0.25) is 0 Å². The van der Waals surface area contributed by atoms with Crippen molar-refractivity contribution < 1.29 is 17.6 Å². The van der Waals surface area contributed by atoms with Gasteiger partial charge in [0, 0.05) is 24.2 Å². The van der Waals surface area contributed by atoms with Gasteiger partial charge in [-0.25, -0.2) is 17.6 Å². The van der Waals surface area contributed by atoms with Crippen LogP contribution >= 0.6 is 9.24 Å². The summed E-state index contributed by atoms with van der Waals surface area (Å²) in [5, 5.41) is 0.911. The van der Waals surface area contributed by atoms with E-state index in [1.165, 1.54) is 18.2 Å². The van der Waals surface area contributed by atoms with E-state index < -0.39 is 24.3 Å². The molecule has 0 heterocycles. The smallest absolute Gasteiger partial charge is 0.204 e. The van der Waals surface area contributed by atoms with Gasteiger partial charge in [0.05, 0.1) is 0 Å². The molecule has 0 bridgehead atoms. The molecule has 0 aliphatic heterocycles. The molecular formula is C21H32BF4N2P. The molecule has 1 rings (SSSR count). The molecule has 5 atom stereocenters. The lowest BCUT2D eigenvalue weighted by atomic mass is 9.89. The van der Waals surface area contributed by atoms with Gasteiger partial charge in [-0.15, -0.1) is 0 Å². The normalized spacial score (nSPS) is 17.5. The zero-order valence-electron chi connectivity index (χ0n) is 17.9. The molecule has 0 aromatic heterocycles. The van der Waals surface area contributed by atoms with Crippen LogP contribution in [0.1, 0.15) is 44.4 Å². The lowest BCUT2D eigenvalue weighted by Gasteiger charge is -2.34. The van der Waals surface area contributed by atoms with Crippen molar-refractivity contribution in [2.45, 2.75) is 57.4 Å². The Bertz CT molecular complexity index is 694. The largest absolute Gasteiger partial charge is 0.382 e. The van der Waals surface area contributed by atoms with Crippen LogP contribution in [-0.4, -0.2) is 50.9 Å². The zero-order valence-corrected chi connectivity index (χ0v) is 19.1. The lowest BCUT2D eigenvalue weighted by Crippen LogP contribution is -2.43. The van der Waals surface area contributed by atoms with Gasteiger partial charge >= 0.3 is 0 Å². The van der Waals surface area contributed by atoms with E-state index in [2.05, 4.69) is 37.6 Å². The third-order valence-corrected chi connectivity index (χ3v) is 6.09. The van der Waals surface area contributed by atoms with Gasteiger partial charge in [0.25, 0.3) is 0 Å². The minimum Gasteiger partial charge on any atom is -0.382 e. The topological polar surface area (TPSA) is 15.3 Å². The maximum atomic E-state index is 14.5. The minimum absolute atomic E-state index is 0.0156. The van der Waals surface area contributed by atoms with Gasteiger partial charge in [-0.2, -0.15) is 0 Å². The van der Waals surface area contributed by atoms with Crippen LogP contribution in [0.15, 0.2) is 24.8 Å². The molecule has 0 aliphatic rings. The van der Waals surface area contributed by atoms with Crippen LogP contribution < -0.4 is 5.32 Å². The molecule has 0 aliphatic carbocycles. The number of nitrogens with one attached hydrogen (secondary N) is 1. The van der Waals surface area contributed by atoms with E-state index in [-0.39, 0.29) is 23.1 Å². The molecule has 8 heteroatoms. The molecule has 0 spiro atoms. The van der Waals surface area contributed by atoms with Gasteiger partial charge in [-0.1, -0.05) is 35.7 Å². The van der Waals surface area contributed by atoms with Gasteiger partial charge in [-0.05, 0) is 62.2 Å². The number of hydrogen-bond donors (Lipinski definition) is 1. The molecular weight excluding hydrogens is 398 g/mol. The van der Waals surface area contributed by atoms with Crippen LogP contribution in [0, 0.1) is 5.92 Å². The van der Waals surface area contributed by atoms with E-state index in [9.17, 15) is 17.6 Å². The van der Waals surface area contributed by atoms with Crippen molar-refractivity contribution in [1.29, 1.82) is 0 Å². The number of hydrogen-bond acceptors (Lipinski definition) is 2. The van der Waals surface area contributed by atoms with Crippen LogP contribution in [0.4, 0.5) is 17.6 Å². The fraction of sp³-hybridized carbons (Fsp3) is 0.619. The Hall–Kier alpha value is -1.07. The van der Waals surface area contributed by atoms with Gasteiger partial charge in [-0.3, -0.25) is 0 Å². The SMILES string of the molecule is [B]C(F)(F)Cc1cc(C(=C)N[C@@H](C)[C@@H](C)C(C)N(C)CC)cc(C(F)(P)CF)c1. The monoisotopic (exact) mass is 430 g/mol. The van der Waals surface area contributed by atoms with Crippen LogP contribution in [0.25, 0.3) is 5.70 Å². The molecule has 0 saturated carbocycles. The first kappa shape index (κ1) is 26.0. The first-order valence-electron chi connectivity index (χ1n) is 9.72. The van der Waals surface area contributed by atoms with Crippen molar-refractivity contribution in [2.75, 3.05) is 20.3 Å². The molecule has 1 aromatic rings. The van der Waals surface area contributed by atoms with Gasteiger partial charge in [0.2, 0.25) is 5.82 Å². The Labute approximate surface area is 176 Å². The third-order valence-electron chi connectivity index (χ3n) is 5.60. The second-order valence-electron chi connectivity index (χ2n) is 7.94. The summed E-state index contributed by atoms with van der Waals surface area (Å²) in [5.41, 5.74) is 0.948. The summed E-state index contributed by atoms with van der Waals surface area (Å²) in [5.74, 6) is -3.21. The van der Waals surface area contributed by atoms with Crippen LogP contribution in [-0.2, 0) is 11.8 Å². The summed E-state index contributed by atoms with van der Waals surface area (Å²) in [6, 6.07) is 4.44. The molecule has 2 radical (unpaired) electrons. The second-order valence-corrected chi connectivity index (χ2v) is 8.85. The fourth-order valence-corrected chi connectivity index (χ4v) is 3.32. The number of nitrogens with zero attached hydrogens (tertiary/aromatic N) is 1. The van der Waals surface area contributed by atoms with Crippen molar-refractivity contribution >= 4 is 22.8 Å². The maximum Gasteiger partial charge on any atom is 0.204 e. The summed E-state index contributed by atoms with van der Waals surface area (Å²) in [6.07, 6.45) is -0.779. The maximum absolute atomic E-state index is 14.5. The molecule has 0 saturated heterocycles. The molecule has 2 nitrogen and oxygen atoms in total. The highest BCUT2D eigenvalue weighted by molar-refractivity contribution is 7.18. The van der Waals surface area contributed by atoms with E-state index in [0.717, 1.165) is 6.54 Å². The van der Waals surface area contributed by atoms with Crippen LogP contribution in [0.3, 0.4) is 0 Å². The number of benzene rings is 1. The first-order valence-corrected chi connectivity index (χ1v) is 10.3. The molecule has 0 fully saturated rings. The average molecular weight is 430 g/mol. The molecule has 0 amide bonds. The first-order chi connectivity index (χ1) is 13.2. The average Bonchev–Trinajstić information content (AvgIpc) is 2.64. The summed E-state index contributed by atoms with van der Waals surface area (Å²) in [6.45, 7) is 11.9. The second kappa shape index (κ2) is 10.3. The summed E-state index contributed by atoms with van der Waals surface area (Å²) in [7, 11) is 8.67. The van der Waals surface area contributed by atoms with Crippen molar-refractivity contribution in [3.8, 4) is 0 Å². The molecule has 29 heavy (non-hydrogen) atoms. The summed E-state index contributed by atoms with van der Waals surface area (Å²) in [4.78, 5) is 2.22.